The van der Waals surface area contributed by atoms with Crippen LogP contribution < -0.4 is 0 Å². The molecule has 0 amide bonds. The first kappa shape index (κ1) is 33.9. The molecule has 0 rings (SSSR count). The van der Waals surface area contributed by atoms with E-state index in [9.17, 15) is 19.8 Å². The predicted molar refractivity (Wildman–Crippen MR) is 146 cm³/mol. The lowest BCUT2D eigenvalue weighted by Crippen LogP contribution is -2.50. The molecule has 2 N–H and O–H groups in total. The topological polar surface area (TPSA) is 83.8 Å². The zero-order valence-electron chi connectivity index (χ0n) is 23.7. The monoisotopic (exact) mass is 498 g/mol. The average Bonchev–Trinajstić information content (AvgIpc) is 2.81. The van der Waals surface area contributed by atoms with Gasteiger partial charge in [0.2, 0.25) is 0 Å². The lowest BCUT2D eigenvalue weighted by atomic mass is 9.92. The summed E-state index contributed by atoms with van der Waals surface area (Å²) >= 11 is 0. The van der Waals surface area contributed by atoms with E-state index in [0.29, 0.717) is 12.8 Å². The SMILES string of the molecule is CCCCCCCCCCCCC(C)(OC(C)(CCCCCCCCCCCC)C(=O)O)C(=O)O. The van der Waals surface area contributed by atoms with Crippen molar-refractivity contribution in [3.05, 3.63) is 0 Å². The molecule has 0 saturated carbocycles. The van der Waals surface area contributed by atoms with Crippen molar-refractivity contribution in [2.45, 2.75) is 180 Å². The first-order valence-electron chi connectivity index (χ1n) is 14.9. The van der Waals surface area contributed by atoms with Gasteiger partial charge in [0.1, 0.15) is 0 Å². The summed E-state index contributed by atoms with van der Waals surface area (Å²) in [6.07, 6.45) is 24.2. The minimum atomic E-state index is -1.47. The molecular weight excluding hydrogens is 440 g/mol. The molecule has 0 fully saturated rings. The van der Waals surface area contributed by atoms with Crippen LogP contribution in [-0.2, 0) is 14.3 Å². The third-order valence-electron chi connectivity index (χ3n) is 7.37. The van der Waals surface area contributed by atoms with Crippen LogP contribution >= 0.6 is 0 Å². The molecule has 2 unspecified atom stereocenters. The van der Waals surface area contributed by atoms with E-state index in [1.807, 2.05) is 0 Å². The van der Waals surface area contributed by atoms with Gasteiger partial charge in [-0.05, 0) is 39.5 Å². The molecule has 0 aliphatic heterocycles. The maximum absolute atomic E-state index is 12.0. The molecule has 0 bridgehead atoms. The average molecular weight is 499 g/mol. The Hall–Kier alpha value is -1.10. The Bertz CT molecular complexity index is 489. The van der Waals surface area contributed by atoms with Crippen LogP contribution in [0.15, 0.2) is 0 Å². The fraction of sp³-hybridized carbons (Fsp3) is 0.933. The molecule has 0 spiro atoms. The van der Waals surface area contributed by atoms with Crippen molar-refractivity contribution in [1.29, 1.82) is 0 Å². The van der Waals surface area contributed by atoms with Gasteiger partial charge in [0.05, 0.1) is 0 Å². The Morgan fingerprint density at radius 3 is 0.943 bits per heavy atom. The molecule has 0 heterocycles. The third-order valence-corrected chi connectivity index (χ3v) is 7.37. The highest BCUT2D eigenvalue weighted by Crippen LogP contribution is 2.31. The molecule has 5 nitrogen and oxygen atoms in total. The minimum Gasteiger partial charge on any atom is -0.479 e. The Balaban J connectivity index is 4.32. The molecule has 5 heteroatoms. The minimum absolute atomic E-state index is 0.347. The summed E-state index contributed by atoms with van der Waals surface area (Å²) in [5.41, 5.74) is -2.93. The van der Waals surface area contributed by atoms with Crippen LogP contribution in [0.4, 0.5) is 0 Å². The summed E-state index contributed by atoms with van der Waals surface area (Å²) in [7, 11) is 0. The van der Waals surface area contributed by atoms with E-state index in [-0.39, 0.29) is 0 Å². The molecule has 0 aromatic carbocycles. The number of unbranched alkanes of at least 4 members (excludes halogenated alkanes) is 18. The number of rotatable bonds is 26. The molecule has 0 aromatic rings. The molecular formula is C30H58O5. The summed E-state index contributed by atoms with van der Waals surface area (Å²) in [5.74, 6) is -2.13. The quantitative estimate of drug-likeness (QED) is 0.116. The second-order valence-corrected chi connectivity index (χ2v) is 11.0. The highest BCUT2D eigenvalue weighted by atomic mass is 16.6. The lowest BCUT2D eigenvalue weighted by Gasteiger charge is -2.35. The standard InChI is InChI=1S/C30H58O5/c1-5-7-9-11-13-15-17-19-21-23-25-29(3,27(31)32)35-30(4,28(33)34)26-24-22-20-18-16-14-12-10-8-6-2/h5-26H2,1-4H3,(H,31,32)(H,33,34). The predicted octanol–water partition coefficient (Wildman–Crippen LogP) is 9.31. The van der Waals surface area contributed by atoms with Gasteiger partial charge in [-0.1, -0.05) is 129 Å². The van der Waals surface area contributed by atoms with Crippen molar-refractivity contribution in [3.63, 3.8) is 0 Å². The summed E-state index contributed by atoms with van der Waals surface area (Å²) in [6.45, 7) is 7.54. The van der Waals surface area contributed by atoms with Crippen LogP contribution in [0.25, 0.3) is 0 Å². The molecule has 0 aromatic heterocycles. The maximum Gasteiger partial charge on any atom is 0.335 e. The summed E-state index contributed by atoms with van der Waals surface area (Å²) < 4.78 is 5.91. The van der Waals surface area contributed by atoms with Crippen LogP contribution in [0.3, 0.4) is 0 Å². The Morgan fingerprint density at radius 1 is 0.486 bits per heavy atom. The first-order valence-corrected chi connectivity index (χ1v) is 14.9. The molecule has 208 valence electrons. The molecule has 0 radical (unpaired) electrons. The number of aliphatic carboxylic acids is 2. The van der Waals surface area contributed by atoms with E-state index in [1.165, 1.54) is 89.9 Å². The van der Waals surface area contributed by atoms with Crippen molar-refractivity contribution in [1.82, 2.24) is 0 Å². The van der Waals surface area contributed by atoms with Crippen molar-refractivity contribution in [2.24, 2.45) is 0 Å². The number of hydrogen-bond acceptors (Lipinski definition) is 3. The van der Waals surface area contributed by atoms with E-state index < -0.39 is 23.1 Å². The second-order valence-electron chi connectivity index (χ2n) is 11.0. The molecule has 0 aliphatic rings. The fourth-order valence-electron chi connectivity index (χ4n) is 4.80. The van der Waals surface area contributed by atoms with E-state index in [0.717, 1.165) is 38.5 Å². The first-order chi connectivity index (χ1) is 16.7. The van der Waals surface area contributed by atoms with Gasteiger partial charge in [0.25, 0.3) is 0 Å². The lowest BCUT2D eigenvalue weighted by molar-refractivity contribution is -0.201. The van der Waals surface area contributed by atoms with E-state index >= 15 is 0 Å². The number of carboxylic acids is 2. The highest BCUT2D eigenvalue weighted by Gasteiger charge is 2.45. The van der Waals surface area contributed by atoms with Gasteiger partial charge in [-0.15, -0.1) is 0 Å². The van der Waals surface area contributed by atoms with Crippen LogP contribution in [0.1, 0.15) is 169 Å². The second kappa shape index (κ2) is 21.0. The van der Waals surface area contributed by atoms with Gasteiger partial charge < -0.3 is 14.9 Å². The van der Waals surface area contributed by atoms with Gasteiger partial charge in [-0.25, -0.2) is 9.59 Å². The van der Waals surface area contributed by atoms with Crippen LogP contribution in [0.5, 0.6) is 0 Å². The Morgan fingerprint density at radius 2 is 0.714 bits per heavy atom. The Labute approximate surface area is 216 Å². The van der Waals surface area contributed by atoms with Gasteiger partial charge in [0.15, 0.2) is 11.2 Å². The molecule has 35 heavy (non-hydrogen) atoms. The van der Waals surface area contributed by atoms with Crippen LogP contribution in [0.2, 0.25) is 0 Å². The summed E-state index contributed by atoms with van der Waals surface area (Å²) in [5, 5.41) is 19.7. The van der Waals surface area contributed by atoms with Gasteiger partial charge in [-0.2, -0.15) is 0 Å². The normalized spacial score (nSPS) is 15.0. The van der Waals surface area contributed by atoms with Crippen molar-refractivity contribution in [3.8, 4) is 0 Å². The largest absolute Gasteiger partial charge is 0.479 e. The van der Waals surface area contributed by atoms with E-state index in [2.05, 4.69) is 13.8 Å². The highest BCUT2D eigenvalue weighted by molar-refractivity contribution is 5.80. The van der Waals surface area contributed by atoms with Crippen LogP contribution in [0, 0.1) is 0 Å². The summed E-state index contributed by atoms with van der Waals surface area (Å²) in [6, 6.07) is 0. The zero-order chi connectivity index (χ0) is 26.4. The molecule has 0 saturated heterocycles. The van der Waals surface area contributed by atoms with Gasteiger partial charge >= 0.3 is 11.9 Å². The Kier molecular flexibility index (Phi) is 20.4. The van der Waals surface area contributed by atoms with E-state index in [1.54, 1.807) is 13.8 Å². The van der Waals surface area contributed by atoms with E-state index in [4.69, 9.17) is 4.74 Å². The smallest absolute Gasteiger partial charge is 0.335 e. The van der Waals surface area contributed by atoms with Gasteiger partial charge in [-0.3, -0.25) is 0 Å². The van der Waals surface area contributed by atoms with Crippen molar-refractivity contribution < 1.29 is 24.5 Å². The van der Waals surface area contributed by atoms with Gasteiger partial charge in [0, 0.05) is 0 Å². The van der Waals surface area contributed by atoms with Crippen molar-refractivity contribution in [2.75, 3.05) is 0 Å². The zero-order valence-corrected chi connectivity index (χ0v) is 23.7. The number of carbonyl (C=O) groups is 2. The fourth-order valence-corrected chi connectivity index (χ4v) is 4.80. The molecule has 2 atom stereocenters. The number of hydrogen-bond donors (Lipinski definition) is 2. The third kappa shape index (κ3) is 17.1. The van der Waals surface area contributed by atoms with Crippen LogP contribution in [-0.4, -0.2) is 33.4 Å². The van der Waals surface area contributed by atoms with Crippen molar-refractivity contribution >= 4 is 11.9 Å². The maximum atomic E-state index is 12.0. The number of ether oxygens (including phenoxy) is 1. The molecule has 0 aliphatic carbocycles. The number of carboxylic acid groups (broad SMARTS) is 2. The summed E-state index contributed by atoms with van der Waals surface area (Å²) in [4.78, 5) is 24.1.